The molecular weight excluding hydrogens is 532 g/mol. The molecular formula is C18H13ClF4N2O5S3. The van der Waals surface area contributed by atoms with Crippen LogP contribution in [0.3, 0.4) is 0 Å². The first-order valence-electron chi connectivity index (χ1n) is 8.76. The minimum atomic E-state index is -5.10. The number of sulfone groups is 1. The van der Waals surface area contributed by atoms with Crippen molar-refractivity contribution in [1.82, 2.24) is 4.98 Å². The average molecular weight is 545 g/mol. The maximum atomic E-state index is 13.5. The second-order valence-electron chi connectivity index (χ2n) is 6.43. The van der Waals surface area contributed by atoms with E-state index in [0.717, 1.165) is 53.8 Å². The molecule has 1 N–H and O–H groups in total. The highest BCUT2D eigenvalue weighted by Gasteiger charge is 2.32. The third-order valence-corrected chi connectivity index (χ3v) is 8.32. The zero-order chi connectivity index (χ0) is 24.4. The van der Waals surface area contributed by atoms with Crippen LogP contribution in [0, 0.1) is 5.82 Å². The number of anilines is 1. The van der Waals surface area contributed by atoms with Crippen molar-refractivity contribution in [3.8, 4) is 5.75 Å². The number of nitrogens with zero attached hydrogens (tertiary/aromatic N) is 1. The van der Waals surface area contributed by atoms with Gasteiger partial charge in [-0.05, 0) is 48.4 Å². The molecule has 0 spiro atoms. The zero-order valence-electron chi connectivity index (χ0n) is 16.1. The Labute approximate surface area is 195 Å². The molecule has 1 heterocycles. The van der Waals surface area contributed by atoms with Crippen molar-refractivity contribution in [2.45, 2.75) is 22.6 Å². The minimum absolute atomic E-state index is 0.0323. The van der Waals surface area contributed by atoms with Gasteiger partial charge < -0.3 is 4.74 Å². The van der Waals surface area contributed by atoms with E-state index in [0.29, 0.717) is 0 Å². The number of aryl methyl sites for hydroxylation is 1. The van der Waals surface area contributed by atoms with Gasteiger partial charge in [0.15, 0.2) is 26.5 Å². The van der Waals surface area contributed by atoms with E-state index in [1.54, 1.807) is 0 Å². The summed E-state index contributed by atoms with van der Waals surface area (Å²) >= 11 is 6.60. The van der Waals surface area contributed by atoms with Gasteiger partial charge in [0, 0.05) is 0 Å². The Kier molecular flexibility index (Phi) is 7.21. The summed E-state index contributed by atoms with van der Waals surface area (Å²) in [5.74, 6) is -2.84. The van der Waals surface area contributed by atoms with E-state index in [2.05, 4.69) is 14.4 Å². The van der Waals surface area contributed by atoms with Crippen molar-refractivity contribution in [2.24, 2.45) is 0 Å². The van der Waals surface area contributed by atoms with E-state index in [9.17, 15) is 34.4 Å². The predicted octanol–water partition coefficient (Wildman–Crippen LogP) is 4.65. The highest BCUT2D eigenvalue weighted by molar-refractivity contribution is 7.93. The first kappa shape index (κ1) is 25.2. The maximum Gasteiger partial charge on any atom is 0.573 e. The number of aromatic nitrogens is 1. The van der Waals surface area contributed by atoms with Gasteiger partial charge in [-0.25, -0.2) is 26.2 Å². The Balaban J connectivity index is 1.71. The number of thiazole rings is 1. The van der Waals surface area contributed by atoms with Crippen molar-refractivity contribution in [2.75, 3.05) is 10.5 Å². The van der Waals surface area contributed by atoms with E-state index in [-0.39, 0.29) is 31.2 Å². The van der Waals surface area contributed by atoms with Crippen LogP contribution in [0.15, 0.2) is 58.5 Å². The fourth-order valence-electron chi connectivity index (χ4n) is 2.58. The summed E-state index contributed by atoms with van der Waals surface area (Å²) in [5, 5.41) is 0.0323. The second kappa shape index (κ2) is 9.44. The van der Waals surface area contributed by atoms with Gasteiger partial charge in [0.25, 0.3) is 10.0 Å². The summed E-state index contributed by atoms with van der Waals surface area (Å²) in [6, 6.07) is 6.98. The van der Waals surface area contributed by atoms with Crippen molar-refractivity contribution in [3.63, 3.8) is 0 Å². The molecule has 15 heteroatoms. The van der Waals surface area contributed by atoms with Crippen LogP contribution in [0.5, 0.6) is 5.75 Å². The van der Waals surface area contributed by atoms with E-state index in [1.165, 1.54) is 6.20 Å². The zero-order valence-corrected chi connectivity index (χ0v) is 19.3. The van der Waals surface area contributed by atoms with Gasteiger partial charge >= 0.3 is 6.36 Å². The molecule has 1 aromatic heterocycles. The highest BCUT2D eigenvalue weighted by atomic mass is 35.5. The molecule has 0 aliphatic carbocycles. The van der Waals surface area contributed by atoms with Gasteiger partial charge in [-0.1, -0.05) is 29.0 Å². The summed E-state index contributed by atoms with van der Waals surface area (Å²) < 4.78 is 107. The van der Waals surface area contributed by atoms with Crippen LogP contribution in [0.1, 0.15) is 5.56 Å². The fraction of sp³-hybridized carbons (Fsp3) is 0.167. The smallest absolute Gasteiger partial charge is 0.403 e. The number of nitrogens with one attached hydrogen (secondary N) is 1. The molecule has 0 unspecified atom stereocenters. The maximum absolute atomic E-state index is 13.5. The van der Waals surface area contributed by atoms with E-state index in [4.69, 9.17) is 11.6 Å². The summed E-state index contributed by atoms with van der Waals surface area (Å²) in [4.78, 5) is 3.35. The number of hydrogen-bond donors (Lipinski definition) is 1. The first-order valence-corrected chi connectivity index (χ1v) is 13.1. The molecule has 7 nitrogen and oxygen atoms in total. The second-order valence-corrected chi connectivity index (χ2v) is 11.9. The lowest BCUT2D eigenvalue weighted by Crippen LogP contribution is -2.18. The number of ether oxygens (including phenoxy) is 1. The minimum Gasteiger partial charge on any atom is -0.403 e. The normalized spacial score (nSPS) is 12.5. The highest BCUT2D eigenvalue weighted by Crippen LogP contribution is 2.28. The lowest BCUT2D eigenvalue weighted by Gasteiger charge is -2.11. The molecule has 2 aromatic carbocycles. The van der Waals surface area contributed by atoms with Crippen LogP contribution in [0.25, 0.3) is 0 Å². The third kappa shape index (κ3) is 6.79. The van der Waals surface area contributed by atoms with E-state index in [1.807, 2.05) is 0 Å². The lowest BCUT2D eigenvalue weighted by atomic mass is 10.1. The summed E-state index contributed by atoms with van der Waals surface area (Å²) in [5.41, 5.74) is 0.102. The van der Waals surface area contributed by atoms with Crippen LogP contribution in [-0.4, -0.2) is 33.9 Å². The Bertz CT molecular complexity index is 1360. The Hall–Kier alpha value is -2.42. The van der Waals surface area contributed by atoms with E-state index >= 15 is 0 Å². The first-order chi connectivity index (χ1) is 15.2. The number of rotatable bonds is 8. The van der Waals surface area contributed by atoms with Crippen LogP contribution in [0.2, 0.25) is 4.34 Å². The average Bonchev–Trinajstić information content (AvgIpc) is 3.11. The van der Waals surface area contributed by atoms with Gasteiger partial charge in [-0.2, -0.15) is 0 Å². The van der Waals surface area contributed by atoms with Crippen LogP contribution >= 0.6 is 22.9 Å². The molecule has 0 saturated heterocycles. The fourth-order valence-corrected chi connectivity index (χ4v) is 5.92. The van der Waals surface area contributed by atoms with Gasteiger partial charge in [-0.3, -0.25) is 4.72 Å². The predicted molar refractivity (Wildman–Crippen MR) is 113 cm³/mol. The SMILES string of the molecule is O=S(=O)(CCc1ccc(F)c(OC(F)(F)F)c1)c1ccc(S(=O)(=O)Nc2ncc(Cl)s2)cc1. The molecule has 0 amide bonds. The van der Waals surface area contributed by atoms with Crippen molar-refractivity contribution in [1.29, 1.82) is 0 Å². The lowest BCUT2D eigenvalue weighted by molar-refractivity contribution is -0.275. The largest absolute Gasteiger partial charge is 0.573 e. The molecule has 0 radical (unpaired) electrons. The summed E-state index contributed by atoms with van der Waals surface area (Å²) in [7, 11) is -7.97. The Morgan fingerprint density at radius 1 is 1.03 bits per heavy atom. The van der Waals surface area contributed by atoms with Crippen molar-refractivity contribution < 1.29 is 39.1 Å². The van der Waals surface area contributed by atoms with E-state index < -0.39 is 43.5 Å². The summed E-state index contributed by atoms with van der Waals surface area (Å²) in [6.07, 6.45) is -4.07. The molecule has 0 aliphatic rings. The van der Waals surface area contributed by atoms with Gasteiger partial charge in [0.2, 0.25) is 0 Å². The van der Waals surface area contributed by atoms with Gasteiger partial charge in [0.1, 0.15) is 4.34 Å². The quantitative estimate of drug-likeness (QED) is 0.414. The monoisotopic (exact) mass is 544 g/mol. The Morgan fingerprint density at radius 3 is 2.24 bits per heavy atom. The van der Waals surface area contributed by atoms with Crippen LogP contribution in [-0.2, 0) is 26.3 Å². The molecule has 0 atom stereocenters. The number of halogens is 5. The summed E-state index contributed by atoms with van der Waals surface area (Å²) in [6.45, 7) is 0. The van der Waals surface area contributed by atoms with Gasteiger partial charge in [0.05, 0.1) is 21.7 Å². The third-order valence-electron chi connectivity index (χ3n) is 4.07. The standard InChI is InChI=1S/C18H13ClF4N2O5S3/c19-16-10-24-17(31-16)25-33(28,29)13-4-2-12(3-5-13)32(26,27)8-7-11-1-6-14(20)15(9-11)30-18(21,22)23/h1-6,9-10H,7-8H2,(H,24,25). The number of sulfonamides is 1. The number of alkyl halides is 3. The molecule has 0 saturated carbocycles. The molecule has 3 rings (SSSR count). The molecule has 178 valence electrons. The Morgan fingerprint density at radius 2 is 1.67 bits per heavy atom. The van der Waals surface area contributed by atoms with Crippen LogP contribution in [0.4, 0.5) is 22.7 Å². The van der Waals surface area contributed by atoms with Gasteiger partial charge in [-0.15, -0.1) is 13.2 Å². The molecule has 0 fully saturated rings. The molecule has 0 bridgehead atoms. The molecule has 33 heavy (non-hydrogen) atoms. The van der Waals surface area contributed by atoms with Crippen molar-refractivity contribution in [3.05, 3.63) is 64.4 Å². The van der Waals surface area contributed by atoms with Crippen LogP contribution < -0.4 is 9.46 Å². The number of hydrogen-bond acceptors (Lipinski definition) is 7. The molecule has 0 aliphatic heterocycles. The van der Waals surface area contributed by atoms with Crippen molar-refractivity contribution >= 4 is 47.9 Å². The number of benzene rings is 2. The molecule has 3 aromatic rings. The topological polar surface area (TPSA) is 102 Å².